The number of methoxy groups -OCH3 is 1. The van der Waals surface area contributed by atoms with Crippen LogP contribution in [0, 0.1) is 11.8 Å². The van der Waals surface area contributed by atoms with Gasteiger partial charge < -0.3 is 14.5 Å². The first-order valence-electron chi connectivity index (χ1n) is 7.97. The zero-order valence-electron chi connectivity index (χ0n) is 13.5. The summed E-state index contributed by atoms with van der Waals surface area (Å²) in [5.41, 5.74) is 0. The van der Waals surface area contributed by atoms with Crippen molar-refractivity contribution in [2.24, 2.45) is 11.8 Å². The van der Waals surface area contributed by atoms with Crippen LogP contribution in [0.1, 0.15) is 68.8 Å². The molecule has 4 heteroatoms. The molecule has 3 unspecified atom stereocenters. The summed E-state index contributed by atoms with van der Waals surface area (Å²) in [4.78, 5) is 11.4. The third kappa shape index (κ3) is 3.88. The number of rotatable bonds is 5. The first-order chi connectivity index (χ1) is 10.0. The molecule has 2 rings (SSSR count). The molecule has 0 spiro atoms. The largest absolute Gasteiger partial charge is 0.463 e. The molecule has 0 amide bonds. The second-order valence-corrected chi connectivity index (χ2v) is 6.38. The molecule has 1 aliphatic rings. The first-order valence-corrected chi connectivity index (χ1v) is 7.97. The van der Waals surface area contributed by atoms with Crippen LogP contribution in [0.4, 0.5) is 0 Å². The zero-order valence-corrected chi connectivity index (χ0v) is 13.5. The van der Waals surface area contributed by atoms with E-state index in [2.05, 4.69) is 30.8 Å². The SMILES string of the molecule is COC(=O)c1ccc(C(C)NC2CCCCC2C(C)C)o1. The standard InChI is InChI=1S/C17H27NO3/c1-11(2)13-7-5-6-8-14(13)18-12(3)15-9-10-16(21-15)17(19)20-4/h9-14,18H,5-8H2,1-4H3. The van der Waals surface area contributed by atoms with Gasteiger partial charge in [0, 0.05) is 6.04 Å². The topological polar surface area (TPSA) is 51.5 Å². The highest BCUT2D eigenvalue weighted by atomic mass is 16.5. The van der Waals surface area contributed by atoms with Crippen LogP contribution in [0.5, 0.6) is 0 Å². The maximum absolute atomic E-state index is 11.4. The molecule has 0 aliphatic heterocycles. The third-order valence-electron chi connectivity index (χ3n) is 4.58. The molecule has 1 fully saturated rings. The molecule has 1 N–H and O–H groups in total. The van der Waals surface area contributed by atoms with Crippen LogP contribution in [0.25, 0.3) is 0 Å². The molecule has 118 valence electrons. The van der Waals surface area contributed by atoms with Gasteiger partial charge in [0.25, 0.3) is 0 Å². The number of ether oxygens (including phenoxy) is 1. The van der Waals surface area contributed by atoms with Crippen molar-refractivity contribution in [1.29, 1.82) is 0 Å². The van der Waals surface area contributed by atoms with Crippen molar-refractivity contribution in [3.8, 4) is 0 Å². The summed E-state index contributed by atoms with van der Waals surface area (Å²) in [5, 5.41) is 3.69. The van der Waals surface area contributed by atoms with Gasteiger partial charge in [-0.05, 0) is 43.7 Å². The van der Waals surface area contributed by atoms with E-state index >= 15 is 0 Å². The molecule has 1 saturated carbocycles. The third-order valence-corrected chi connectivity index (χ3v) is 4.58. The number of hydrogen-bond acceptors (Lipinski definition) is 4. The molecular formula is C17H27NO3. The predicted octanol–water partition coefficient (Wildman–Crippen LogP) is 3.93. The van der Waals surface area contributed by atoms with Gasteiger partial charge >= 0.3 is 5.97 Å². The smallest absolute Gasteiger partial charge is 0.373 e. The van der Waals surface area contributed by atoms with Gasteiger partial charge in [-0.2, -0.15) is 0 Å². The molecule has 1 aliphatic carbocycles. The van der Waals surface area contributed by atoms with Gasteiger partial charge in [0.1, 0.15) is 5.76 Å². The summed E-state index contributed by atoms with van der Waals surface area (Å²) in [6, 6.07) is 4.17. The van der Waals surface area contributed by atoms with Crippen molar-refractivity contribution >= 4 is 5.97 Å². The van der Waals surface area contributed by atoms with Crippen LogP contribution in [0.15, 0.2) is 16.5 Å². The van der Waals surface area contributed by atoms with Crippen LogP contribution < -0.4 is 5.32 Å². The number of furan rings is 1. The van der Waals surface area contributed by atoms with Crippen molar-refractivity contribution in [3.63, 3.8) is 0 Å². The van der Waals surface area contributed by atoms with Crippen LogP contribution in [0.2, 0.25) is 0 Å². The van der Waals surface area contributed by atoms with E-state index in [1.165, 1.54) is 32.8 Å². The Morgan fingerprint density at radius 3 is 2.67 bits per heavy atom. The van der Waals surface area contributed by atoms with Gasteiger partial charge in [-0.25, -0.2) is 4.79 Å². The molecule has 0 aromatic carbocycles. The number of carbonyl (C=O) groups is 1. The van der Waals surface area contributed by atoms with Crippen LogP contribution in [-0.2, 0) is 4.74 Å². The number of hydrogen-bond donors (Lipinski definition) is 1. The first kappa shape index (κ1) is 16.1. The monoisotopic (exact) mass is 293 g/mol. The van der Waals surface area contributed by atoms with E-state index < -0.39 is 5.97 Å². The van der Waals surface area contributed by atoms with Gasteiger partial charge in [-0.15, -0.1) is 0 Å². The fraction of sp³-hybridized carbons (Fsp3) is 0.706. The highest BCUT2D eigenvalue weighted by Gasteiger charge is 2.29. The van der Waals surface area contributed by atoms with Crippen LogP contribution in [-0.4, -0.2) is 19.1 Å². The molecule has 0 radical (unpaired) electrons. The number of carbonyl (C=O) groups excluding carboxylic acids is 1. The van der Waals surface area contributed by atoms with E-state index in [0.717, 1.165) is 11.7 Å². The lowest BCUT2D eigenvalue weighted by Crippen LogP contribution is -2.41. The Morgan fingerprint density at radius 2 is 2.00 bits per heavy atom. The van der Waals surface area contributed by atoms with Crippen molar-refractivity contribution in [3.05, 3.63) is 23.7 Å². The Bertz CT molecular complexity index is 466. The Balaban J connectivity index is 2.01. The predicted molar refractivity (Wildman–Crippen MR) is 82.2 cm³/mol. The Kier molecular flexibility index (Phi) is 5.45. The molecule has 1 aromatic heterocycles. The molecule has 1 heterocycles. The molecule has 3 atom stereocenters. The van der Waals surface area contributed by atoms with Gasteiger partial charge in [0.2, 0.25) is 5.76 Å². The number of nitrogens with one attached hydrogen (secondary N) is 1. The molecule has 4 nitrogen and oxygen atoms in total. The van der Waals surface area contributed by atoms with Crippen molar-refractivity contribution < 1.29 is 13.9 Å². The Labute approximate surface area is 127 Å². The molecule has 0 bridgehead atoms. The lowest BCUT2D eigenvalue weighted by molar-refractivity contribution is 0.0561. The summed E-state index contributed by atoms with van der Waals surface area (Å²) in [5.74, 6) is 2.05. The highest BCUT2D eigenvalue weighted by molar-refractivity contribution is 5.86. The minimum atomic E-state index is -0.425. The maximum atomic E-state index is 11.4. The van der Waals surface area contributed by atoms with Crippen molar-refractivity contribution in [2.75, 3.05) is 7.11 Å². The second-order valence-electron chi connectivity index (χ2n) is 6.38. The van der Waals surface area contributed by atoms with E-state index in [1.807, 2.05) is 6.07 Å². The van der Waals surface area contributed by atoms with Gasteiger partial charge in [0.15, 0.2) is 0 Å². The highest BCUT2D eigenvalue weighted by Crippen LogP contribution is 2.32. The van der Waals surface area contributed by atoms with E-state index in [0.29, 0.717) is 12.0 Å². The second kappa shape index (κ2) is 7.12. The summed E-state index contributed by atoms with van der Waals surface area (Å²) >= 11 is 0. The van der Waals surface area contributed by atoms with Crippen LogP contribution in [0.3, 0.4) is 0 Å². The fourth-order valence-electron chi connectivity index (χ4n) is 3.36. The molecule has 21 heavy (non-hydrogen) atoms. The van der Waals surface area contributed by atoms with E-state index in [9.17, 15) is 4.79 Å². The zero-order chi connectivity index (χ0) is 15.4. The maximum Gasteiger partial charge on any atom is 0.373 e. The summed E-state index contributed by atoms with van der Waals surface area (Å²) in [7, 11) is 1.36. The van der Waals surface area contributed by atoms with Crippen LogP contribution >= 0.6 is 0 Å². The lowest BCUT2D eigenvalue weighted by atomic mass is 9.77. The van der Waals surface area contributed by atoms with E-state index in [-0.39, 0.29) is 11.8 Å². The quantitative estimate of drug-likeness (QED) is 0.836. The average Bonchev–Trinajstić information content (AvgIpc) is 2.96. The lowest BCUT2D eigenvalue weighted by Gasteiger charge is -2.36. The minimum absolute atomic E-state index is 0.104. The van der Waals surface area contributed by atoms with Gasteiger partial charge in [0.05, 0.1) is 13.2 Å². The van der Waals surface area contributed by atoms with Crippen molar-refractivity contribution in [1.82, 2.24) is 5.32 Å². The van der Waals surface area contributed by atoms with E-state index in [4.69, 9.17) is 4.42 Å². The Hall–Kier alpha value is -1.29. The molecule has 0 saturated heterocycles. The Morgan fingerprint density at radius 1 is 1.29 bits per heavy atom. The number of esters is 1. The summed E-state index contributed by atoms with van der Waals surface area (Å²) in [6.45, 7) is 6.70. The van der Waals surface area contributed by atoms with Gasteiger partial charge in [-0.3, -0.25) is 0 Å². The summed E-state index contributed by atoms with van der Waals surface area (Å²) < 4.78 is 10.3. The fourth-order valence-corrected chi connectivity index (χ4v) is 3.36. The molecule has 1 aromatic rings. The molecular weight excluding hydrogens is 266 g/mol. The summed E-state index contributed by atoms with van der Waals surface area (Å²) in [6.07, 6.45) is 5.15. The average molecular weight is 293 g/mol. The minimum Gasteiger partial charge on any atom is -0.463 e. The van der Waals surface area contributed by atoms with E-state index in [1.54, 1.807) is 6.07 Å². The normalized spacial score (nSPS) is 24.0. The van der Waals surface area contributed by atoms with Crippen molar-refractivity contribution in [2.45, 2.75) is 58.5 Å². The van der Waals surface area contributed by atoms with Gasteiger partial charge in [-0.1, -0.05) is 26.7 Å².